The average Bonchev–Trinajstić information content (AvgIpc) is 2.23. The molecule has 1 rings (SSSR count). The molecule has 1 nitrogen and oxygen atoms in total. The van der Waals surface area contributed by atoms with Crippen molar-refractivity contribution in [1.82, 2.24) is 0 Å². The van der Waals surface area contributed by atoms with E-state index in [9.17, 15) is 13.2 Å². The predicted molar refractivity (Wildman–Crippen MR) is 59.8 cm³/mol. The number of nitrogens with zero attached hydrogens (tertiary/aromatic N) is 1. The molecule has 16 heavy (non-hydrogen) atoms. The molecule has 0 radical (unpaired) electrons. The van der Waals surface area contributed by atoms with Crippen LogP contribution < -0.4 is 0 Å². The van der Waals surface area contributed by atoms with Crippen LogP contribution in [0.2, 0.25) is 0 Å². The standard InChI is InChI=1S/C9H5BrF3N.C2H6/c10-8-2-1-6(3-4-14)5-7(8)9(11,12)13;1-2/h1-2,5H,3H2;1-2H3. The molecular weight excluding hydrogens is 283 g/mol. The Labute approximate surface area is 101 Å². The minimum atomic E-state index is -4.38. The van der Waals surface area contributed by atoms with Gasteiger partial charge in [0.2, 0.25) is 0 Å². The molecule has 0 saturated heterocycles. The molecule has 0 aliphatic rings. The topological polar surface area (TPSA) is 23.8 Å². The van der Waals surface area contributed by atoms with Gasteiger partial charge in [0.15, 0.2) is 0 Å². The fourth-order valence-corrected chi connectivity index (χ4v) is 1.46. The summed E-state index contributed by atoms with van der Waals surface area (Å²) in [5.74, 6) is 0. The highest BCUT2D eigenvalue weighted by molar-refractivity contribution is 9.10. The van der Waals surface area contributed by atoms with Gasteiger partial charge in [-0.3, -0.25) is 0 Å². The lowest BCUT2D eigenvalue weighted by Crippen LogP contribution is -2.06. The van der Waals surface area contributed by atoms with E-state index in [2.05, 4.69) is 15.9 Å². The van der Waals surface area contributed by atoms with Gasteiger partial charge in [-0.25, -0.2) is 0 Å². The summed E-state index contributed by atoms with van der Waals surface area (Å²) >= 11 is 2.81. The molecule has 0 bridgehead atoms. The van der Waals surface area contributed by atoms with Crippen molar-refractivity contribution in [2.45, 2.75) is 26.4 Å². The first-order valence-corrected chi connectivity index (χ1v) is 5.47. The van der Waals surface area contributed by atoms with E-state index in [1.807, 2.05) is 13.8 Å². The van der Waals surface area contributed by atoms with Crippen molar-refractivity contribution < 1.29 is 13.2 Å². The van der Waals surface area contributed by atoms with Crippen LogP contribution in [0.3, 0.4) is 0 Å². The van der Waals surface area contributed by atoms with Crippen molar-refractivity contribution in [3.63, 3.8) is 0 Å². The summed E-state index contributed by atoms with van der Waals surface area (Å²) in [7, 11) is 0. The lowest BCUT2D eigenvalue weighted by Gasteiger charge is -2.09. The Morgan fingerprint density at radius 2 is 1.88 bits per heavy atom. The SMILES string of the molecule is CC.N#CCc1ccc(Br)c(C(F)(F)F)c1. The monoisotopic (exact) mass is 293 g/mol. The molecule has 0 spiro atoms. The minimum Gasteiger partial charge on any atom is -0.198 e. The van der Waals surface area contributed by atoms with Crippen molar-refractivity contribution in [2.75, 3.05) is 0 Å². The van der Waals surface area contributed by atoms with Crippen LogP contribution in [-0.4, -0.2) is 0 Å². The maximum atomic E-state index is 12.4. The van der Waals surface area contributed by atoms with Gasteiger partial charge in [0, 0.05) is 4.47 Å². The van der Waals surface area contributed by atoms with Gasteiger partial charge in [0.25, 0.3) is 0 Å². The van der Waals surface area contributed by atoms with Crippen LogP contribution in [0, 0.1) is 11.3 Å². The Bertz CT molecular complexity index is 380. The minimum absolute atomic E-state index is 0.00769. The molecule has 0 aliphatic carbocycles. The summed E-state index contributed by atoms with van der Waals surface area (Å²) in [6.45, 7) is 4.00. The third kappa shape index (κ3) is 4.23. The van der Waals surface area contributed by atoms with Crippen molar-refractivity contribution >= 4 is 15.9 Å². The van der Waals surface area contributed by atoms with Crippen LogP contribution in [0.25, 0.3) is 0 Å². The summed E-state index contributed by atoms with van der Waals surface area (Å²) in [6, 6.07) is 5.57. The van der Waals surface area contributed by atoms with Gasteiger partial charge in [-0.15, -0.1) is 0 Å². The molecule has 1 aromatic rings. The van der Waals surface area contributed by atoms with Gasteiger partial charge in [-0.1, -0.05) is 35.8 Å². The molecule has 1 aromatic carbocycles. The summed E-state index contributed by atoms with van der Waals surface area (Å²) in [5.41, 5.74) is -0.381. The quantitative estimate of drug-likeness (QED) is 0.745. The lowest BCUT2D eigenvalue weighted by molar-refractivity contribution is -0.138. The lowest BCUT2D eigenvalue weighted by atomic mass is 10.1. The second-order valence-corrected chi connectivity index (χ2v) is 3.50. The number of hydrogen-bond acceptors (Lipinski definition) is 1. The van der Waals surface area contributed by atoms with Crippen molar-refractivity contribution in [3.05, 3.63) is 33.8 Å². The fraction of sp³-hybridized carbons (Fsp3) is 0.364. The van der Waals surface area contributed by atoms with E-state index in [4.69, 9.17) is 5.26 Å². The van der Waals surface area contributed by atoms with Crippen molar-refractivity contribution in [2.24, 2.45) is 0 Å². The zero-order valence-electron chi connectivity index (χ0n) is 8.90. The smallest absolute Gasteiger partial charge is 0.198 e. The van der Waals surface area contributed by atoms with E-state index < -0.39 is 11.7 Å². The Morgan fingerprint density at radius 3 is 2.31 bits per heavy atom. The van der Waals surface area contributed by atoms with Gasteiger partial charge >= 0.3 is 6.18 Å². The van der Waals surface area contributed by atoms with Gasteiger partial charge in [-0.2, -0.15) is 18.4 Å². The molecule has 88 valence electrons. The second kappa shape index (κ2) is 6.54. The van der Waals surface area contributed by atoms with Crippen LogP contribution in [0.15, 0.2) is 22.7 Å². The van der Waals surface area contributed by atoms with E-state index in [-0.39, 0.29) is 10.9 Å². The Kier molecular flexibility index (Phi) is 6.12. The summed E-state index contributed by atoms with van der Waals surface area (Å²) in [4.78, 5) is 0. The molecular formula is C11H11BrF3N. The molecule has 0 heterocycles. The average molecular weight is 294 g/mol. The number of rotatable bonds is 1. The van der Waals surface area contributed by atoms with Crippen LogP contribution >= 0.6 is 15.9 Å². The first-order chi connectivity index (χ1) is 7.45. The maximum absolute atomic E-state index is 12.4. The Balaban J connectivity index is 0.00000106. The van der Waals surface area contributed by atoms with Gasteiger partial charge in [-0.05, 0) is 17.7 Å². The molecule has 0 saturated carbocycles. The van der Waals surface area contributed by atoms with Crippen molar-refractivity contribution in [3.8, 4) is 6.07 Å². The number of alkyl halides is 3. The molecule has 5 heteroatoms. The largest absolute Gasteiger partial charge is 0.417 e. The Morgan fingerprint density at radius 1 is 1.31 bits per heavy atom. The summed E-state index contributed by atoms with van der Waals surface area (Å²) in [6.07, 6.45) is -4.40. The van der Waals surface area contributed by atoms with Gasteiger partial charge < -0.3 is 0 Å². The number of halogens is 4. The third-order valence-electron chi connectivity index (χ3n) is 1.62. The second-order valence-electron chi connectivity index (χ2n) is 2.65. The molecule has 0 atom stereocenters. The van der Waals surface area contributed by atoms with E-state index in [0.29, 0.717) is 5.56 Å². The van der Waals surface area contributed by atoms with Gasteiger partial charge in [0.05, 0.1) is 18.1 Å². The highest BCUT2D eigenvalue weighted by Gasteiger charge is 2.32. The van der Waals surface area contributed by atoms with Gasteiger partial charge in [0.1, 0.15) is 0 Å². The van der Waals surface area contributed by atoms with Crippen LogP contribution in [0.5, 0.6) is 0 Å². The number of nitriles is 1. The van der Waals surface area contributed by atoms with Crippen LogP contribution in [0.1, 0.15) is 25.0 Å². The van der Waals surface area contributed by atoms with Crippen LogP contribution in [-0.2, 0) is 12.6 Å². The van der Waals surface area contributed by atoms with E-state index in [0.717, 1.165) is 6.07 Å². The summed E-state index contributed by atoms with van der Waals surface area (Å²) in [5, 5.41) is 8.34. The maximum Gasteiger partial charge on any atom is 0.417 e. The molecule has 0 aliphatic heterocycles. The third-order valence-corrected chi connectivity index (χ3v) is 2.31. The zero-order chi connectivity index (χ0) is 12.8. The Hall–Kier alpha value is -1.02. The van der Waals surface area contributed by atoms with E-state index in [1.54, 1.807) is 6.07 Å². The first kappa shape index (κ1) is 15.0. The van der Waals surface area contributed by atoms with E-state index in [1.165, 1.54) is 12.1 Å². The van der Waals surface area contributed by atoms with Crippen LogP contribution in [0.4, 0.5) is 13.2 Å². The molecule has 0 N–H and O–H groups in total. The zero-order valence-corrected chi connectivity index (χ0v) is 10.5. The first-order valence-electron chi connectivity index (χ1n) is 4.67. The molecule has 0 aromatic heterocycles. The molecule has 0 amide bonds. The predicted octanol–water partition coefficient (Wildman–Crippen LogP) is 4.56. The van der Waals surface area contributed by atoms with E-state index >= 15 is 0 Å². The number of benzene rings is 1. The highest BCUT2D eigenvalue weighted by Crippen LogP contribution is 2.35. The highest BCUT2D eigenvalue weighted by atomic mass is 79.9. The number of hydrogen-bond donors (Lipinski definition) is 0. The molecule has 0 fully saturated rings. The normalized spacial score (nSPS) is 10.1. The fourth-order valence-electron chi connectivity index (χ4n) is 0.991. The molecule has 0 unspecified atom stereocenters. The summed E-state index contributed by atoms with van der Waals surface area (Å²) < 4.78 is 37.1. The van der Waals surface area contributed by atoms with Crippen molar-refractivity contribution in [1.29, 1.82) is 5.26 Å².